The molecule has 3 aromatic rings. The number of amides is 1. The minimum absolute atomic E-state index is 0.0358. The van der Waals surface area contributed by atoms with Crippen LogP contribution in [0.3, 0.4) is 0 Å². The molecule has 2 aromatic heterocycles. The van der Waals surface area contributed by atoms with Gasteiger partial charge in [0.1, 0.15) is 5.69 Å². The number of benzene rings is 1. The average molecular weight is 394 g/mol. The Labute approximate surface area is 168 Å². The molecule has 2 N–H and O–H groups in total. The largest absolute Gasteiger partial charge is 0.464 e. The fourth-order valence-corrected chi connectivity index (χ4v) is 2.86. The molecule has 0 saturated carbocycles. The number of rotatable bonds is 8. The van der Waals surface area contributed by atoms with Crippen LogP contribution in [0.25, 0.3) is 5.69 Å². The zero-order valence-electron chi connectivity index (χ0n) is 16.0. The number of para-hydroxylation sites is 1. The summed E-state index contributed by atoms with van der Waals surface area (Å²) >= 11 is 0. The Balaban J connectivity index is 1.77. The predicted octanol–water partition coefficient (Wildman–Crippen LogP) is 1.63. The summed E-state index contributed by atoms with van der Waals surface area (Å²) < 4.78 is 6.11. The number of nitrogens with zero attached hydrogens (tertiary/aromatic N) is 3. The number of hydrogen-bond donors (Lipinski definition) is 2. The number of nitrogens with one attached hydrogen (secondary N) is 1. The first-order valence-electron chi connectivity index (χ1n) is 9.15. The molecule has 0 saturated heterocycles. The van der Waals surface area contributed by atoms with Gasteiger partial charge in [-0.15, -0.1) is 0 Å². The Kier molecular flexibility index (Phi) is 6.70. The van der Waals surface area contributed by atoms with Crippen molar-refractivity contribution in [2.75, 3.05) is 20.3 Å². The molecule has 0 aliphatic rings. The maximum atomic E-state index is 12.8. The lowest BCUT2D eigenvalue weighted by Gasteiger charge is -2.15. The van der Waals surface area contributed by atoms with Gasteiger partial charge in [-0.05, 0) is 30.7 Å². The highest BCUT2D eigenvalue weighted by molar-refractivity contribution is 5.96. The Morgan fingerprint density at radius 2 is 1.93 bits per heavy atom. The maximum absolute atomic E-state index is 12.8. The third-order valence-corrected chi connectivity index (χ3v) is 4.37. The van der Waals surface area contributed by atoms with Crippen molar-refractivity contribution in [2.45, 2.75) is 6.42 Å². The molecule has 8 heteroatoms. The third-order valence-electron chi connectivity index (χ3n) is 4.37. The van der Waals surface area contributed by atoms with E-state index in [1.807, 2.05) is 36.4 Å². The minimum Gasteiger partial charge on any atom is -0.464 e. The van der Waals surface area contributed by atoms with Crippen LogP contribution >= 0.6 is 0 Å². The summed E-state index contributed by atoms with van der Waals surface area (Å²) in [7, 11) is 1.26. The molecule has 2 heterocycles. The van der Waals surface area contributed by atoms with E-state index >= 15 is 0 Å². The highest BCUT2D eigenvalue weighted by Gasteiger charge is 2.21. The molecule has 0 aliphatic heterocycles. The van der Waals surface area contributed by atoms with Crippen LogP contribution in [0, 0.1) is 5.92 Å². The average Bonchev–Trinajstić information content (AvgIpc) is 3.23. The van der Waals surface area contributed by atoms with Crippen LogP contribution in [-0.2, 0) is 11.2 Å². The van der Waals surface area contributed by atoms with Gasteiger partial charge >= 0.3 is 5.97 Å². The first kappa shape index (κ1) is 20.2. The monoisotopic (exact) mass is 394 g/mol. The Morgan fingerprint density at radius 1 is 1.17 bits per heavy atom. The number of carbonyl (C=O) groups excluding carboxylic acids is 2. The van der Waals surface area contributed by atoms with Crippen LogP contribution in [0.15, 0.2) is 60.8 Å². The summed E-state index contributed by atoms with van der Waals surface area (Å²) in [5.41, 5.74) is 1.71. The van der Waals surface area contributed by atoms with Crippen molar-refractivity contribution in [1.82, 2.24) is 20.1 Å². The number of hydrogen-bond acceptors (Lipinski definition) is 6. The van der Waals surface area contributed by atoms with E-state index in [1.165, 1.54) is 17.9 Å². The molecule has 0 spiro atoms. The zero-order valence-corrected chi connectivity index (χ0v) is 16.0. The smallest absolute Gasteiger partial charge is 0.358 e. The van der Waals surface area contributed by atoms with Crippen molar-refractivity contribution < 1.29 is 19.4 Å². The number of aliphatic hydroxyl groups is 1. The van der Waals surface area contributed by atoms with Crippen molar-refractivity contribution in [3.63, 3.8) is 0 Å². The molecule has 8 nitrogen and oxygen atoms in total. The van der Waals surface area contributed by atoms with Gasteiger partial charge in [0.05, 0.1) is 12.8 Å². The van der Waals surface area contributed by atoms with E-state index in [0.717, 1.165) is 5.69 Å². The van der Waals surface area contributed by atoms with Crippen LogP contribution in [0.5, 0.6) is 0 Å². The molecule has 0 aliphatic carbocycles. The summed E-state index contributed by atoms with van der Waals surface area (Å²) in [4.78, 5) is 28.9. The number of pyridine rings is 1. The second-order valence-electron chi connectivity index (χ2n) is 6.44. The summed E-state index contributed by atoms with van der Waals surface area (Å²) in [6, 6.07) is 16.0. The first-order valence-corrected chi connectivity index (χ1v) is 9.15. The van der Waals surface area contributed by atoms with E-state index in [9.17, 15) is 14.7 Å². The molecule has 0 radical (unpaired) electrons. The van der Waals surface area contributed by atoms with Crippen molar-refractivity contribution in [2.24, 2.45) is 5.92 Å². The number of aromatic nitrogens is 3. The van der Waals surface area contributed by atoms with Gasteiger partial charge in [0.15, 0.2) is 5.69 Å². The molecule has 0 unspecified atom stereocenters. The molecule has 29 heavy (non-hydrogen) atoms. The highest BCUT2D eigenvalue weighted by Crippen LogP contribution is 2.14. The second-order valence-corrected chi connectivity index (χ2v) is 6.44. The quantitative estimate of drug-likeness (QED) is 0.563. The van der Waals surface area contributed by atoms with Gasteiger partial charge in [-0.1, -0.05) is 24.3 Å². The molecular formula is C21H22N4O4. The van der Waals surface area contributed by atoms with E-state index in [0.29, 0.717) is 12.1 Å². The van der Waals surface area contributed by atoms with Crippen molar-refractivity contribution in [3.05, 3.63) is 77.9 Å². The number of carbonyl (C=O) groups is 2. The Bertz CT molecular complexity index is 957. The molecule has 3 rings (SSSR count). The minimum atomic E-state index is -0.628. The van der Waals surface area contributed by atoms with Gasteiger partial charge in [0.25, 0.3) is 5.91 Å². The van der Waals surface area contributed by atoms with Crippen LogP contribution in [0.1, 0.15) is 26.7 Å². The molecule has 1 aromatic carbocycles. The van der Waals surface area contributed by atoms with Crippen LogP contribution in [0.2, 0.25) is 0 Å². The summed E-state index contributed by atoms with van der Waals surface area (Å²) in [5.74, 6) is -1.23. The van der Waals surface area contributed by atoms with Crippen LogP contribution in [-0.4, -0.2) is 52.0 Å². The van der Waals surface area contributed by atoms with Crippen LogP contribution < -0.4 is 5.32 Å². The van der Waals surface area contributed by atoms with Gasteiger partial charge in [0, 0.05) is 37.0 Å². The van der Waals surface area contributed by atoms with E-state index in [2.05, 4.69) is 15.4 Å². The third kappa shape index (κ3) is 5.05. The summed E-state index contributed by atoms with van der Waals surface area (Å²) in [6.07, 6.45) is 2.22. The van der Waals surface area contributed by atoms with Crippen molar-refractivity contribution >= 4 is 11.9 Å². The van der Waals surface area contributed by atoms with Gasteiger partial charge in [-0.3, -0.25) is 9.78 Å². The molecule has 0 bridgehead atoms. The number of methoxy groups -OCH3 is 1. The van der Waals surface area contributed by atoms with E-state index in [-0.39, 0.29) is 30.5 Å². The Morgan fingerprint density at radius 3 is 2.59 bits per heavy atom. The van der Waals surface area contributed by atoms with Crippen molar-refractivity contribution in [1.29, 1.82) is 0 Å². The molecule has 0 fully saturated rings. The summed E-state index contributed by atoms with van der Waals surface area (Å²) in [5, 5.41) is 16.7. The number of ether oxygens (including phenoxy) is 1. The molecular weight excluding hydrogens is 372 g/mol. The fraction of sp³-hybridized carbons (Fsp3) is 0.238. The molecule has 150 valence electrons. The van der Waals surface area contributed by atoms with Crippen LogP contribution in [0.4, 0.5) is 0 Å². The number of aliphatic hydroxyl groups excluding tert-OH is 1. The van der Waals surface area contributed by atoms with Crippen molar-refractivity contribution in [3.8, 4) is 5.69 Å². The van der Waals surface area contributed by atoms with Gasteiger partial charge in [-0.2, -0.15) is 5.10 Å². The van der Waals surface area contributed by atoms with Gasteiger partial charge in [0.2, 0.25) is 0 Å². The zero-order chi connectivity index (χ0) is 20.6. The summed E-state index contributed by atoms with van der Waals surface area (Å²) in [6.45, 7) is 0.154. The topological polar surface area (TPSA) is 106 Å². The fourth-order valence-electron chi connectivity index (χ4n) is 2.86. The SMILES string of the molecule is COC(=O)c1cc(C(=O)NC[C@H](CO)Cc2ccccn2)n(-c2ccccc2)n1. The van der Waals surface area contributed by atoms with E-state index < -0.39 is 11.9 Å². The Hall–Kier alpha value is -3.52. The number of esters is 1. The first-order chi connectivity index (χ1) is 14.1. The predicted molar refractivity (Wildman–Crippen MR) is 106 cm³/mol. The molecule has 1 atom stereocenters. The van der Waals surface area contributed by atoms with E-state index in [4.69, 9.17) is 4.74 Å². The second kappa shape index (κ2) is 9.61. The van der Waals surface area contributed by atoms with E-state index in [1.54, 1.807) is 18.3 Å². The highest BCUT2D eigenvalue weighted by atomic mass is 16.5. The van der Waals surface area contributed by atoms with Gasteiger partial charge in [-0.25, -0.2) is 9.48 Å². The normalized spacial score (nSPS) is 11.7. The molecule has 1 amide bonds. The maximum Gasteiger partial charge on any atom is 0.358 e. The lowest BCUT2D eigenvalue weighted by atomic mass is 10.0. The standard InChI is InChI=1S/C21H22N4O4/c1-29-21(28)18-12-19(25(24-18)17-8-3-2-4-9-17)20(27)23-13-15(14-26)11-16-7-5-6-10-22-16/h2-10,12,15,26H,11,13-14H2,1H3,(H,23,27)/t15-/m1/s1. The lowest BCUT2D eigenvalue weighted by Crippen LogP contribution is -2.33. The van der Waals surface area contributed by atoms with Gasteiger partial charge < -0.3 is 15.2 Å². The lowest BCUT2D eigenvalue weighted by molar-refractivity contribution is 0.0593.